The number of rotatable bonds is 3. The van der Waals surface area contributed by atoms with Crippen LogP contribution in [0.4, 0.5) is 11.4 Å². The molecule has 120 valence electrons. The van der Waals surface area contributed by atoms with Gasteiger partial charge in [-0.25, -0.2) is 0 Å². The third-order valence-electron chi connectivity index (χ3n) is 3.45. The molecule has 0 aromatic heterocycles. The molecule has 0 fully saturated rings. The lowest BCUT2D eigenvalue weighted by molar-refractivity contribution is -0.133. The van der Waals surface area contributed by atoms with Gasteiger partial charge >= 0.3 is 11.8 Å². The smallest absolute Gasteiger partial charge is 0.314 e. The quantitative estimate of drug-likeness (QED) is 0.822. The number of nitrogens with one attached hydrogen (secondary N) is 2. The van der Waals surface area contributed by atoms with Gasteiger partial charge in [0.15, 0.2) is 0 Å². The van der Waals surface area contributed by atoms with Gasteiger partial charge in [-0.05, 0) is 42.2 Å². The maximum Gasteiger partial charge on any atom is 0.314 e. The summed E-state index contributed by atoms with van der Waals surface area (Å²) in [6, 6.07) is 12.4. The van der Waals surface area contributed by atoms with Crippen LogP contribution in [0.2, 0.25) is 5.02 Å². The highest BCUT2D eigenvalue weighted by Gasteiger charge is 2.18. The summed E-state index contributed by atoms with van der Waals surface area (Å²) in [4.78, 5) is 24.2. The van der Waals surface area contributed by atoms with Crippen molar-refractivity contribution in [3.63, 3.8) is 0 Å². The molecule has 0 heterocycles. The van der Waals surface area contributed by atoms with Crippen molar-refractivity contribution < 1.29 is 9.59 Å². The molecule has 2 aromatic carbocycles. The van der Waals surface area contributed by atoms with Gasteiger partial charge < -0.3 is 10.6 Å². The Kier molecular flexibility index (Phi) is 5.40. The highest BCUT2D eigenvalue weighted by molar-refractivity contribution is 6.44. The third kappa shape index (κ3) is 4.33. The molecule has 0 saturated heterocycles. The van der Waals surface area contributed by atoms with E-state index in [1.54, 1.807) is 24.3 Å². The van der Waals surface area contributed by atoms with E-state index in [9.17, 15) is 9.59 Å². The Hall–Kier alpha value is -2.33. The number of carbonyl (C=O) groups is 2. The lowest BCUT2D eigenvalue weighted by atomic mass is 9.98. The van der Waals surface area contributed by atoms with Crippen molar-refractivity contribution in [2.75, 3.05) is 10.6 Å². The van der Waals surface area contributed by atoms with Gasteiger partial charge in [0.2, 0.25) is 0 Å². The highest BCUT2D eigenvalue weighted by atomic mass is 35.5. The molecular formula is C18H19ClN2O2. The molecule has 2 amide bonds. The minimum absolute atomic E-state index is 0.237. The van der Waals surface area contributed by atoms with Crippen LogP contribution in [-0.4, -0.2) is 11.8 Å². The van der Waals surface area contributed by atoms with Crippen LogP contribution >= 0.6 is 11.6 Å². The zero-order valence-corrected chi connectivity index (χ0v) is 14.1. The average Bonchev–Trinajstić information content (AvgIpc) is 2.48. The zero-order valence-electron chi connectivity index (χ0n) is 13.3. The lowest BCUT2D eigenvalue weighted by Crippen LogP contribution is -2.29. The van der Waals surface area contributed by atoms with Crippen molar-refractivity contribution >= 4 is 34.8 Å². The van der Waals surface area contributed by atoms with E-state index in [2.05, 4.69) is 10.6 Å². The maximum atomic E-state index is 12.2. The Balaban J connectivity index is 2.15. The number of aryl methyl sites for hydroxylation is 1. The maximum absolute atomic E-state index is 12.2. The van der Waals surface area contributed by atoms with Gasteiger partial charge in [0.05, 0.1) is 0 Å². The van der Waals surface area contributed by atoms with Gasteiger partial charge in [-0.1, -0.05) is 49.7 Å². The topological polar surface area (TPSA) is 58.2 Å². The first kappa shape index (κ1) is 17.0. The minimum atomic E-state index is -0.731. The van der Waals surface area contributed by atoms with E-state index in [0.29, 0.717) is 16.4 Å². The summed E-state index contributed by atoms with van der Waals surface area (Å²) in [5, 5.41) is 5.74. The van der Waals surface area contributed by atoms with Crippen molar-refractivity contribution in [1.29, 1.82) is 0 Å². The van der Waals surface area contributed by atoms with E-state index in [1.165, 1.54) is 0 Å². The summed E-state index contributed by atoms with van der Waals surface area (Å²) >= 11 is 5.86. The monoisotopic (exact) mass is 330 g/mol. The fraction of sp³-hybridized carbons (Fsp3) is 0.222. The first-order chi connectivity index (χ1) is 10.9. The van der Waals surface area contributed by atoms with Gasteiger partial charge in [-0.2, -0.15) is 0 Å². The van der Waals surface area contributed by atoms with Crippen LogP contribution in [0.5, 0.6) is 0 Å². The fourth-order valence-electron chi connectivity index (χ4n) is 2.27. The summed E-state index contributed by atoms with van der Waals surface area (Å²) in [5.41, 5.74) is 3.08. The number of para-hydroxylation sites is 1. The van der Waals surface area contributed by atoms with E-state index in [1.807, 2.05) is 39.0 Å². The number of hydrogen-bond acceptors (Lipinski definition) is 2. The number of benzene rings is 2. The average molecular weight is 331 g/mol. The Labute approximate surface area is 140 Å². The number of anilines is 2. The summed E-state index contributed by atoms with van der Waals surface area (Å²) in [7, 11) is 0. The van der Waals surface area contributed by atoms with Gasteiger partial charge in [0, 0.05) is 16.4 Å². The van der Waals surface area contributed by atoms with Crippen LogP contribution < -0.4 is 10.6 Å². The van der Waals surface area contributed by atoms with Crippen molar-refractivity contribution in [1.82, 2.24) is 0 Å². The molecule has 0 aliphatic heterocycles. The predicted octanol–water partition coefficient (Wildman–Crippen LogP) is 4.35. The van der Waals surface area contributed by atoms with Gasteiger partial charge in [-0.3, -0.25) is 9.59 Å². The normalized spacial score (nSPS) is 10.5. The summed E-state index contributed by atoms with van der Waals surface area (Å²) < 4.78 is 0. The van der Waals surface area contributed by atoms with Crippen LogP contribution in [0.15, 0.2) is 42.5 Å². The Morgan fingerprint density at radius 3 is 2.30 bits per heavy atom. The van der Waals surface area contributed by atoms with E-state index in [4.69, 9.17) is 11.6 Å². The number of carbonyl (C=O) groups excluding carboxylic acids is 2. The number of amides is 2. The number of halogens is 1. The Morgan fingerprint density at radius 2 is 1.65 bits per heavy atom. The number of hydrogen-bond donors (Lipinski definition) is 2. The minimum Gasteiger partial charge on any atom is -0.318 e. The molecular weight excluding hydrogens is 312 g/mol. The van der Waals surface area contributed by atoms with Crippen molar-refractivity contribution in [3.8, 4) is 0 Å². The van der Waals surface area contributed by atoms with Crippen LogP contribution in [0.1, 0.15) is 30.9 Å². The third-order valence-corrected chi connectivity index (χ3v) is 3.69. The zero-order chi connectivity index (χ0) is 17.0. The predicted molar refractivity (Wildman–Crippen MR) is 94.0 cm³/mol. The SMILES string of the molecule is Cc1cccc(C(C)C)c1NC(=O)C(=O)Nc1cccc(Cl)c1. The molecule has 0 aliphatic rings. The van der Waals surface area contributed by atoms with Crippen LogP contribution in [0.3, 0.4) is 0 Å². The van der Waals surface area contributed by atoms with Crippen LogP contribution in [0.25, 0.3) is 0 Å². The molecule has 2 aromatic rings. The summed E-state index contributed by atoms with van der Waals surface area (Å²) in [6.07, 6.45) is 0. The Bertz CT molecular complexity index is 742. The molecule has 0 atom stereocenters. The molecule has 0 spiro atoms. The summed E-state index contributed by atoms with van der Waals surface area (Å²) in [6.45, 7) is 5.98. The molecule has 5 heteroatoms. The first-order valence-corrected chi connectivity index (χ1v) is 7.73. The molecule has 2 N–H and O–H groups in total. The van der Waals surface area contributed by atoms with E-state index in [0.717, 1.165) is 11.1 Å². The second kappa shape index (κ2) is 7.29. The van der Waals surface area contributed by atoms with Gasteiger partial charge in [0.25, 0.3) is 0 Å². The standard InChI is InChI=1S/C18H19ClN2O2/c1-11(2)15-9-4-6-12(3)16(15)21-18(23)17(22)20-14-8-5-7-13(19)10-14/h4-11H,1-3H3,(H,20,22)(H,21,23). The molecule has 0 radical (unpaired) electrons. The van der Waals surface area contributed by atoms with E-state index in [-0.39, 0.29) is 5.92 Å². The van der Waals surface area contributed by atoms with Gasteiger partial charge in [-0.15, -0.1) is 0 Å². The van der Waals surface area contributed by atoms with E-state index < -0.39 is 11.8 Å². The van der Waals surface area contributed by atoms with Crippen molar-refractivity contribution in [2.24, 2.45) is 0 Å². The second-order valence-electron chi connectivity index (χ2n) is 5.61. The summed E-state index contributed by atoms with van der Waals surface area (Å²) in [5.74, 6) is -1.20. The molecule has 2 rings (SSSR count). The molecule has 0 bridgehead atoms. The van der Waals surface area contributed by atoms with Crippen LogP contribution in [-0.2, 0) is 9.59 Å². The van der Waals surface area contributed by atoms with E-state index >= 15 is 0 Å². The molecule has 4 nitrogen and oxygen atoms in total. The molecule has 23 heavy (non-hydrogen) atoms. The molecule has 0 aliphatic carbocycles. The van der Waals surface area contributed by atoms with Crippen molar-refractivity contribution in [2.45, 2.75) is 26.7 Å². The first-order valence-electron chi connectivity index (χ1n) is 7.36. The molecule has 0 saturated carbocycles. The van der Waals surface area contributed by atoms with Crippen LogP contribution in [0, 0.1) is 6.92 Å². The largest absolute Gasteiger partial charge is 0.318 e. The Morgan fingerprint density at radius 1 is 1.00 bits per heavy atom. The fourth-order valence-corrected chi connectivity index (χ4v) is 2.46. The second-order valence-corrected chi connectivity index (χ2v) is 6.05. The van der Waals surface area contributed by atoms with Crippen molar-refractivity contribution in [3.05, 3.63) is 58.6 Å². The molecule has 0 unspecified atom stereocenters. The van der Waals surface area contributed by atoms with Gasteiger partial charge in [0.1, 0.15) is 0 Å². The highest BCUT2D eigenvalue weighted by Crippen LogP contribution is 2.27. The lowest BCUT2D eigenvalue weighted by Gasteiger charge is -2.16.